The molecule has 4 heteroatoms. The molecular formula is C26H50N3O+. The van der Waals surface area contributed by atoms with Gasteiger partial charge in [0.1, 0.15) is 13.1 Å². The number of amides is 1. The van der Waals surface area contributed by atoms with Crippen molar-refractivity contribution in [2.45, 2.75) is 111 Å². The number of carbonyl (C=O) groups excluding carboxylic acids is 1. The van der Waals surface area contributed by atoms with Gasteiger partial charge in [0, 0.05) is 6.92 Å². The molecule has 0 fully saturated rings. The van der Waals surface area contributed by atoms with Crippen LogP contribution in [-0.2, 0) is 4.79 Å². The molecule has 0 aliphatic carbocycles. The van der Waals surface area contributed by atoms with Crippen LogP contribution < -0.4 is 5.32 Å². The van der Waals surface area contributed by atoms with Crippen molar-refractivity contribution < 1.29 is 9.28 Å². The molecule has 30 heavy (non-hydrogen) atoms. The summed E-state index contributed by atoms with van der Waals surface area (Å²) in [7, 11) is 0. The number of hydrogen-bond acceptors (Lipinski definition) is 2. The predicted molar refractivity (Wildman–Crippen MR) is 131 cm³/mol. The second kappa shape index (κ2) is 17.5. The van der Waals surface area contributed by atoms with E-state index in [1.807, 2.05) is 0 Å². The molecule has 0 aromatic rings. The highest BCUT2D eigenvalue weighted by atomic mass is 16.1. The fourth-order valence-corrected chi connectivity index (χ4v) is 4.50. The van der Waals surface area contributed by atoms with Gasteiger partial charge in [-0.3, -0.25) is 9.28 Å². The first-order chi connectivity index (χ1) is 14.6. The van der Waals surface area contributed by atoms with Crippen LogP contribution in [0.3, 0.4) is 0 Å². The number of rotatable bonds is 19. The van der Waals surface area contributed by atoms with Gasteiger partial charge in [-0.1, -0.05) is 89.7 Å². The average Bonchev–Trinajstić information content (AvgIpc) is 3.13. The topological polar surface area (TPSA) is 41.5 Å². The first-order valence-corrected chi connectivity index (χ1v) is 12.9. The summed E-state index contributed by atoms with van der Waals surface area (Å²) in [6.07, 6.45) is 23.7. The number of nitrogens with one attached hydrogen (secondary N) is 1. The van der Waals surface area contributed by atoms with E-state index < -0.39 is 0 Å². The molecule has 0 saturated heterocycles. The number of nitrogens with zero attached hydrogens (tertiary/aromatic N) is 2. The molecule has 1 N–H and O–H groups in total. The summed E-state index contributed by atoms with van der Waals surface area (Å²) in [6.45, 7) is 10.9. The van der Waals surface area contributed by atoms with Gasteiger partial charge in [0.05, 0.1) is 26.1 Å². The third-order valence-electron chi connectivity index (χ3n) is 6.58. The molecule has 1 amide bonds. The number of allylic oxidation sites excluding steroid dienone is 1. The number of aliphatic imine (C=N–C) groups is 1. The molecule has 4 nitrogen and oxygen atoms in total. The number of hydrogen-bond donors (Lipinski definition) is 1. The highest BCUT2D eigenvalue weighted by Crippen LogP contribution is 2.18. The molecule has 0 aromatic heterocycles. The van der Waals surface area contributed by atoms with Gasteiger partial charge in [0.25, 0.3) is 0 Å². The molecule has 1 unspecified atom stereocenters. The van der Waals surface area contributed by atoms with E-state index in [1.165, 1.54) is 89.3 Å². The van der Waals surface area contributed by atoms with Crippen molar-refractivity contribution in [3.63, 3.8) is 0 Å². The molecule has 0 saturated carbocycles. The predicted octanol–water partition coefficient (Wildman–Crippen LogP) is 6.41. The maximum atomic E-state index is 11.2. The van der Waals surface area contributed by atoms with Crippen LogP contribution in [0, 0.1) is 0 Å². The Labute approximate surface area is 187 Å². The van der Waals surface area contributed by atoms with Crippen molar-refractivity contribution in [3.8, 4) is 0 Å². The van der Waals surface area contributed by atoms with Crippen molar-refractivity contribution in [3.05, 3.63) is 12.2 Å². The van der Waals surface area contributed by atoms with E-state index in [0.717, 1.165) is 43.6 Å². The standard InChI is InChI=1S/C26H49N3O/c1-4-6-7-8-9-10-11-12-13-14-15-16-17-18-19-20-26-28-22-24-29(26,5-2)23-21-27-25(3)30/h18-19H,4-17,20-24H2,1-3H3/p+1/b19-18+. The van der Waals surface area contributed by atoms with Gasteiger partial charge >= 0.3 is 0 Å². The first kappa shape index (κ1) is 26.9. The van der Waals surface area contributed by atoms with Crippen LogP contribution in [0.5, 0.6) is 0 Å². The van der Waals surface area contributed by atoms with Crippen molar-refractivity contribution >= 4 is 11.7 Å². The third kappa shape index (κ3) is 11.9. The normalized spacial score (nSPS) is 18.8. The first-order valence-electron chi connectivity index (χ1n) is 12.9. The third-order valence-corrected chi connectivity index (χ3v) is 6.58. The van der Waals surface area contributed by atoms with Crippen molar-refractivity contribution in [2.75, 3.05) is 32.7 Å². The Hall–Kier alpha value is -1.16. The Morgan fingerprint density at radius 2 is 1.53 bits per heavy atom. The SMILES string of the molecule is CCCCCCCCCCCCCC/C=C/CC1=NCC[N+]1(CC)CCNC(C)=O. The minimum atomic E-state index is 0.0595. The highest BCUT2D eigenvalue weighted by Gasteiger charge is 2.35. The van der Waals surface area contributed by atoms with Crippen LogP contribution in [0.2, 0.25) is 0 Å². The zero-order valence-electron chi connectivity index (χ0n) is 20.4. The number of amidine groups is 1. The number of quaternary nitrogens is 1. The minimum Gasteiger partial charge on any atom is -0.351 e. The molecule has 174 valence electrons. The fraction of sp³-hybridized carbons (Fsp3) is 0.846. The minimum absolute atomic E-state index is 0.0595. The van der Waals surface area contributed by atoms with Gasteiger partial charge in [0.2, 0.25) is 11.7 Å². The van der Waals surface area contributed by atoms with Crippen LogP contribution in [0.25, 0.3) is 0 Å². The monoisotopic (exact) mass is 420 g/mol. The number of likely N-dealkylation sites (N-methyl/N-ethyl adjacent to an activating group) is 1. The molecule has 1 atom stereocenters. The van der Waals surface area contributed by atoms with E-state index >= 15 is 0 Å². The smallest absolute Gasteiger partial charge is 0.217 e. The Balaban J connectivity index is 2.04. The molecule has 0 radical (unpaired) electrons. The van der Waals surface area contributed by atoms with Crippen LogP contribution >= 0.6 is 0 Å². The summed E-state index contributed by atoms with van der Waals surface area (Å²) < 4.78 is 0.948. The van der Waals surface area contributed by atoms with E-state index in [4.69, 9.17) is 4.99 Å². The largest absolute Gasteiger partial charge is 0.351 e. The average molecular weight is 421 g/mol. The van der Waals surface area contributed by atoms with Crippen LogP contribution in [0.15, 0.2) is 17.1 Å². The molecule has 1 aliphatic heterocycles. The van der Waals surface area contributed by atoms with E-state index in [9.17, 15) is 4.79 Å². The summed E-state index contributed by atoms with van der Waals surface area (Å²) in [5.41, 5.74) is 0. The lowest BCUT2D eigenvalue weighted by molar-refractivity contribution is -0.832. The van der Waals surface area contributed by atoms with Gasteiger partial charge in [-0.2, -0.15) is 0 Å². The van der Waals surface area contributed by atoms with Gasteiger partial charge in [-0.05, 0) is 19.8 Å². The zero-order chi connectivity index (χ0) is 21.9. The van der Waals surface area contributed by atoms with E-state index in [0.29, 0.717) is 0 Å². The molecular weight excluding hydrogens is 370 g/mol. The van der Waals surface area contributed by atoms with Gasteiger partial charge in [-0.15, -0.1) is 0 Å². The van der Waals surface area contributed by atoms with E-state index in [2.05, 4.69) is 31.3 Å². The Morgan fingerprint density at radius 3 is 2.10 bits per heavy atom. The Kier molecular flexibility index (Phi) is 15.7. The summed E-state index contributed by atoms with van der Waals surface area (Å²) >= 11 is 0. The molecule has 0 bridgehead atoms. The van der Waals surface area contributed by atoms with Crippen molar-refractivity contribution in [1.82, 2.24) is 5.32 Å². The molecule has 1 aliphatic rings. The Bertz CT molecular complexity index is 501. The van der Waals surface area contributed by atoms with Crippen LogP contribution in [0.4, 0.5) is 0 Å². The second-order valence-electron chi connectivity index (χ2n) is 9.04. The van der Waals surface area contributed by atoms with Crippen molar-refractivity contribution in [1.29, 1.82) is 0 Å². The zero-order valence-corrected chi connectivity index (χ0v) is 20.4. The lowest BCUT2D eigenvalue weighted by atomic mass is 10.0. The summed E-state index contributed by atoms with van der Waals surface area (Å²) in [5.74, 6) is 1.36. The van der Waals surface area contributed by atoms with E-state index in [-0.39, 0.29) is 5.91 Å². The van der Waals surface area contributed by atoms with Crippen LogP contribution in [0.1, 0.15) is 111 Å². The van der Waals surface area contributed by atoms with Crippen LogP contribution in [-0.4, -0.2) is 48.9 Å². The molecule has 0 aromatic carbocycles. The quantitative estimate of drug-likeness (QED) is 0.146. The van der Waals surface area contributed by atoms with Gasteiger partial charge in [0.15, 0.2) is 0 Å². The fourth-order valence-electron chi connectivity index (χ4n) is 4.50. The highest BCUT2D eigenvalue weighted by molar-refractivity contribution is 5.78. The molecule has 0 spiro atoms. The lowest BCUT2D eigenvalue weighted by Crippen LogP contribution is -2.53. The lowest BCUT2D eigenvalue weighted by Gasteiger charge is -2.33. The van der Waals surface area contributed by atoms with Gasteiger partial charge in [-0.25, -0.2) is 4.99 Å². The second-order valence-corrected chi connectivity index (χ2v) is 9.04. The summed E-state index contributed by atoms with van der Waals surface area (Å²) in [6, 6.07) is 0. The maximum Gasteiger partial charge on any atom is 0.217 e. The maximum absolute atomic E-state index is 11.2. The number of unbranched alkanes of at least 4 members (excludes halogenated alkanes) is 12. The molecule has 1 heterocycles. The van der Waals surface area contributed by atoms with Gasteiger partial charge < -0.3 is 5.32 Å². The summed E-state index contributed by atoms with van der Waals surface area (Å²) in [5, 5.41) is 2.95. The number of carbonyl (C=O) groups is 1. The van der Waals surface area contributed by atoms with Crippen molar-refractivity contribution in [2.24, 2.45) is 4.99 Å². The summed E-state index contributed by atoms with van der Waals surface area (Å²) in [4.78, 5) is 15.9. The molecule has 1 rings (SSSR count). The Morgan fingerprint density at radius 1 is 0.933 bits per heavy atom. The van der Waals surface area contributed by atoms with E-state index in [1.54, 1.807) is 6.92 Å².